The molecule has 0 radical (unpaired) electrons. The molecule has 0 atom stereocenters. The summed E-state index contributed by atoms with van der Waals surface area (Å²) in [6.07, 6.45) is 2.49. The van der Waals surface area contributed by atoms with E-state index in [4.69, 9.17) is 10.9 Å². The molecule has 1 heterocycles. The average molecular weight is 340 g/mol. The number of benzene rings is 1. The van der Waals surface area contributed by atoms with Gasteiger partial charge in [0.2, 0.25) is 0 Å². The smallest absolute Gasteiger partial charge is 0.171 e. The molecule has 0 saturated carbocycles. The minimum Gasteiger partial charge on any atom is -0.409 e. The Kier molecular flexibility index (Phi) is 4.91. The SMILES string of the molecule is CC(C)C1CCN(c2ccc(/C(N)=N/O)c(Br)c2)CC1. The maximum absolute atomic E-state index is 8.74. The van der Waals surface area contributed by atoms with Gasteiger partial charge in [0.1, 0.15) is 0 Å². The van der Waals surface area contributed by atoms with Gasteiger partial charge in [-0.2, -0.15) is 0 Å². The van der Waals surface area contributed by atoms with E-state index in [9.17, 15) is 0 Å². The predicted molar refractivity (Wildman–Crippen MR) is 86.4 cm³/mol. The first-order valence-electron chi connectivity index (χ1n) is 7.05. The molecular formula is C15H22BrN3O. The van der Waals surface area contributed by atoms with Gasteiger partial charge in [-0.05, 0) is 58.8 Å². The number of hydrogen-bond donors (Lipinski definition) is 2. The highest BCUT2D eigenvalue weighted by Gasteiger charge is 2.22. The molecule has 20 heavy (non-hydrogen) atoms. The molecule has 0 spiro atoms. The van der Waals surface area contributed by atoms with E-state index in [-0.39, 0.29) is 5.84 Å². The number of amidine groups is 1. The van der Waals surface area contributed by atoms with Crippen LogP contribution >= 0.6 is 15.9 Å². The van der Waals surface area contributed by atoms with Crippen molar-refractivity contribution in [3.05, 3.63) is 28.2 Å². The maximum atomic E-state index is 8.74. The number of anilines is 1. The van der Waals surface area contributed by atoms with Gasteiger partial charge in [-0.3, -0.25) is 0 Å². The van der Waals surface area contributed by atoms with Gasteiger partial charge in [0.05, 0.1) is 0 Å². The lowest BCUT2D eigenvalue weighted by Crippen LogP contribution is -2.35. The number of nitrogens with two attached hydrogens (primary N) is 1. The molecule has 0 aromatic heterocycles. The quantitative estimate of drug-likeness (QED) is 0.384. The van der Waals surface area contributed by atoms with Gasteiger partial charge in [-0.1, -0.05) is 19.0 Å². The Morgan fingerprint density at radius 1 is 1.40 bits per heavy atom. The highest BCUT2D eigenvalue weighted by molar-refractivity contribution is 9.10. The lowest BCUT2D eigenvalue weighted by Gasteiger charge is -2.35. The Balaban J connectivity index is 2.10. The van der Waals surface area contributed by atoms with Crippen LogP contribution in [0.2, 0.25) is 0 Å². The van der Waals surface area contributed by atoms with Crippen molar-refractivity contribution in [1.29, 1.82) is 0 Å². The number of rotatable bonds is 3. The lowest BCUT2D eigenvalue weighted by molar-refractivity contribution is 0.311. The minimum absolute atomic E-state index is 0.127. The van der Waals surface area contributed by atoms with Crippen LogP contribution in [-0.2, 0) is 0 Å². The Bertz CT molecular complexity index is 494. The highest BCUT2D eigenvalue weighted by atomic mass is 79.9. The molecule has 1 fully saturated rings. The molecule has 110 valence electrons. The van der Waals surface area contributed by atoms with Gasteiger partial charge in [-0.15, -0.1) is 0 Å². The summed E-state index contributed by atoms with van der Waals surface area (Å²) in [5.74, 6) is 1.74. The molecule has 1 aromatic carbocycles. The zero-order valence-electron chi connectivity index (χ0n) is 12.0. The van der Waals surface area contributed by atoms with Gasteiger partial charge in [0.15, 0.2) is 5.84 Å². The summed E-state index contributed by atoms with van der Waals surface area (Å²) in [5.41, 5.74) is 7.54. The molecule has 5 heteroatoms. The first-order valence-corrected chi connectivity index (χ1v) is 7.84. The second kappa shape index (κ2) is 6.48. The third-order valence-electron chi connectivity index (χ3n) is 4.18. The molecule has 0 bridgehead atoms. The van der Waals surface area contributed by atoms with Crippen LogP contribution in [-0.4, -0.2) is 24.1 Å². The van der Waals surface area contributed by atoms with E-state index in [1.807, 2.05) is 18.2 Å². The fourth-order valence-corrected chi connectivity index (χ4v) is 3.36. The molecule has 3 N–H and O–H groups in total. The van der Waals surface area contributed by atoms with E-state index in [0.717, 1.165) is 29.4 Å². The Morgan fingerprint density at radius 2 is 2.05 bits per heavy atom. The normalized spacial score (nSPS) is 17.8. The van der Waals surface area contributed by atoms with Gasteiger partial charge in [0, 0.05) is 28.8 Å². The summed E-state index contributed by atoms with van der Waals surface area (Å²) in [6, 6.07) is 5.97. The Hall–Kier alpha value is -1.23. The van der Waals surface area contributed by atoms with Crippen molar-refractivity contribution in [2.75, 3.05) is 18.0 Å². The van der Waals surface area contributed by atoms with Crippen LogP contribution in [0.15, 0.2) is 27.8 Å². The molecule has 0 amide bonds. The number of piperidine rings is 1. The third-order valence-corrected chi connectivity index (χ3v) is 4.84. The fraction of sp³-hybridized carbons (Fsp3) is 0.533. The van der Waals surface area contributed by atoms with Crippen LogP contribution in [0, 0.1) is 11.8 Å². The number of halogens is 1. The molecule has 0 aliphatic carbocycles. The summed E-state index contributed by atoms with van der Waals surface area (Å²) in [7, 11) is 0. The van der Waals surface area contributed by atoms with E-state index in [0.29, 0.717) is 5.56 Å². The lowest BCUT2D eigenvalue weighted by atomic mass is 9.86. The van der Waals surface area contributed by atoms with Crippen molar-refractivity contribution in [2.45, 2.75) is 26.7 Å². The zero-order chi connectivity index (χ0) is 14.7. The molecule has 0 unspecified atom stereocenters. The van der Waals surface area contributed by atoms with E-state index in [2.05, 4.69) is 39.8 Å². The molecule has 1 aliphatic rings. The maximum Gasteiger partial charge on any atom is 0.171 e. The van der Waals surface area contributed by atoms with E-state index in [1.165, 1.54) is 18.5 Å². The van der Waals surface area contributed by atoms with E-state index >= 15 is 0 Å². The van der Waals surface area contributed by atoms with E-state index in [1.54, 1.807) is 0 Å². The van der Waals surface area contributed by atoms with Crippen LogP contribution < -0.4 is 10.6 Å². The Labute approximate surface area is 128 Å². The monoisotopic (exact) mass is 339 g/mol. The first kappa shape index (κ1) is 15.2. The van der Waals surface area contributed by atoms with Gasteiger partial charge in [-0.25, -0.2) is 0 Å². The topological polar surface area (TPSA) is 61.8 Å². The largest absolute Gasteiger partial charge is 0.409 e. The predicted octanol–water partition coefficient (Wildman–Crippen LogP) is 3.42. The highest BCUT2D eigenvalue weighted by Crippen LogP contribution is 2.30. The van der Waals surface area contributed by atoms with Crippen molar-refractivity contribution in [1.82, 2.24) is 0 Å². The average Bonchev–Trinajstić information content (AvgIpc) is 2.46. The third kappa shape index (κ3) is 3.26. The summed E-state index contributed by atoms with van der Waals surface area (Å²) < 4.78 is 0.858. The van der Waals surface area contributed by atoms with Crippen LogP contribution in [0.25, 0.3) is 0 Å². The van der Waals surface area contributed by atoms with Crippen molar-refractivity contribution >= 4 is 27.5 Å². The van der Waals surface area contributed by atoms with Crippen LogP contribution in [0.5, 0.6) is 0 Å². The number of oxime groups is 1. The minimum atomic E-state index is 0.127. The van der Waals surface area contributed by atoms with Crippen molar-refractivity contribution < 1.29 is 5.21 Å². The fourth-order valence-electron chi connectivity index (χ4n) is 2.79. The summed E-state index contributed by atoms with van der Waals surface area (Å²) in [5, 5.41) is 11.8. The first-order chi connectivity index (χ1) is 9.52. The van der Waals surface area contributed by atoms with Crippen LogP contribution in [0.3, 0.4) is 0 Å². The van der Waals surface area contributed by atoms with Crippen molar-refractivity contribution in [2.24, 2.45) is 22.7 Å². The number of nitrogens with zero attached hydrogens (tertiary/aromatic N) is 2. The van der Waals surface area contributed by atoms with Crippen molar-refractivity contribution in [3.8, 4) is 0 Å². The van der Waals surface area contributed by atoms with Gasteiger partial charge in [0.25, 0.3) is 0 Å². The molecule has 1 aromatic rings. The van der Waals surface area contributed by atoms with Crippen molar-refractivity contribution in [3.63, 3.8) is 0 Å². The zero-order valence-corrected chi connectivity index (χ0v) is 13.6. The molecular weight excluding hydrogens is 318 g/mol. The second-order valence-corrected chi connectivity index (χ2v) is 6.57. The number of hydrogen-bond acceptors (Lipinski definition) is 3. The Morgan fingerprint density at radius 3 is 2.55 bits per heavy atom. The summed E-state index contributed by atoms with van der Waals surface area (Å²) in [4.78, 5) is 2.40. The molecule has 1 saturated heterocycles. The van der Waals surface area contributed by atoms with Gasteiger partial charge >= 0.3 is 0 Å². The van der Waals surface area contributed by atoms with Crippen LogP contribution in [0.4, 0.5) is 5.69 Å². The second-order valence-electron chi connectivity index (χ2n) is 5.72. The van der Waals surface area contributed by atoms with E-state index < -0.39 is 0 Å². The molecule has 2 rings (SSSR count). The molecule has 4 nitrogen and oxygen atoms in total. The summed E-state index contributed by atoms with van der Waals surface area (Å²) >= 11 is 3.49. The molecule has 1 aliphatic heterocycles. The van der Waals surface area contributed by atoms with Gasteiger partial charge < -0.3 is 15.8 Å². The van der Waals surface area contributed by atoms with Crippen LogP contribution in [0.1, 0.15) is 32.3 Å². The summed E-state index contributed by atoms with van der Waals surface area (Å²) in [6.45, 7) is 6.81. The standard InChI is InChI=1S/C15H22BrN3O/c1-10(2)11-5-7-19(8-6-11)12-3-4-13(14(16)9-12)15(17)18-20/h3-4,9-11,20H,5-8H2,1-2H3,(H2,17,18).